The van der Waals surface area contributed by atoms with Crippen molar-refractivity contribution in [1.29, 1.82) is 0 Å². The zero-order valence-electron chi connectivity index (χ0n) is 21.8. The molecule has 1 saturated heterocycles. The van der Waals surface area contributed by atoms with Gasteiger partial charge in [-0.2, -0.15) is 0 Å². The van der Waals surface area contributed by atoms with Crippen LogP contribution in [0.2, 0.25) is 0 Å². The quantitative estimate of drug-likeness (QED) is 0.123. The maximum absolute atomic E-state index is 13.4. The van der Waals surface area contributed by atoms with Gasteiger partial charge in [0.25, 0.3) is 5.78 Å². The van der Waals surface area contributed by atoms with Crippen molar-refractivity contribution in [1.82, 2.24) is 4.98 Å². The Balaban J connectivity index is 1.83. The minimum atomic E-state index is -0.957. The third kappa shape index (κ3) is 5.33. The minimum Gasteiger partial charge on any atom is -0.507 e. The molecule has 1 aliphatic rings. The molecule has 1 fully saturated rings. The first-order chi connectivity index (χ1) is 18.3. The van der Waals surface area contributed by atoms with Gasteiger partial charge in [-0.25, -0.2) is 9.78 Å². The maximum Gasteiger partial charge on any atom is 0.350 e. The first-order valence-corrected chi connectivity index (χ1v) is 13.3. The second-order valence-corrected chi connectivity index (χ2v) is 9.92. The largest absolute Gasteiger partial charge is 0.507 e. The van der Waals surface area contributed by atoms with Crippen molar-refractivity contribution >= 4 is 39.9 Å². The van der Waals surface area contributed by atoms with Crippen LogP contribution in [0.15, 0.2) is 54.1 Å². The molecule has 8 nitrogen and oxygen atoms in total. The Hall–Kier alpha value is -3.98. The lowest BCUT2D eigenvalue weighted by atomic mass is 9.95. The summed E-state index contributed by atoms with van der Waals surface area (Å²) in [5.41, 5.74) is 2.33. The molecule has 38 heavy (non-hydrogen) atoms. The molecule has 1 N–H and O–H groups in total. The number of Topliss-reactive ketones (excluding diaryl/α,β-unsaturated/α-hetero) is 1. The van der Waals surface area contributed by atoms with Crippen molar-refractivity contribution in [2.24, 2.45) is 0 Å². The van der Waals surface area contributed by atoms with Crippen molar-refractivity contribution in [2.45, 2.75) is 46.6 Å². The summed E-state index contributed by atoms with van der Waals surface area (Å²) in [5.74, 6) is -1.83. The van der Waals surface area contributed by atoms with Gasteiger partial charge in [0.1, 0.15) is 16.4 Å². The number of rotatable bonds is 9. The lowest BCUT2D eigenvalue weighted by Gasteiger charge is -2.23. The highest BCUT2D eigenvalue weighted by molar-refractivity contribution is 7.17. The molecule has 0 spiro atoms. The van der Waals surface area contributed by atoms with Crippen LogP contribution in [0, 0.1) is 13.8 Å². The van der Waals surface area contributed by atoms with Gasteiger partial charge in [-0.1, -0.05) is 66.6 Å². The number of ketones is 1. The van der Waals surface area contributed by atoms with Gasteiger partial charge in [0, 0.05) is 5.56 Å². The molecular weight excluding hydrogens is 504 g/mol. The van der Waals surface area contributed by atoms with E-state index >= 15 is 0 Å². The van der Waals surface area contributed by atoms with Crippen LogP contribution in [0.5, 0.6) is 5.75 Å². The molecule has 0 saturated carbocycles. The fourth-order valence-corrected chi connectivity index (χ4v) is 5.15. The maximum atomic E-state index is 13.4. The van der Waals surface area contributed by atoms with Crippen molar-refractivity contribution in [3.63, 3.8) is 0 Å². The number of aromatic nitrogens is 1. The number of hydrogen-bond acceptors (Lipinski definition) is 8. The predicted octanol–water partition coefficient (Wildman–Crippen LogP) is 5.74. The summed E-state index contributed by atoms with van der Waals surface area (Å²) in [4.78, 5) is 45.2. The van der Waals surface area contributed by atoms with Crippen LogP contribution in [0.1, 0.15) is 64.8 Å². The molecule has 1 aromatic heterocycles. The van der Waals surface area contributed by atoms with E-state index in [-0.39, 0.29) is 27.9 Å². The van der Waals surface area contributed by atoms with E-state index in [1.54, 1.807) is 50.2 Å². The average Bonchev–Trinajstić information content (AvgIpc) is 3.41. The van der Waals surface area contributed by atoms with Gasteiger partial charge in [0.05, 0.1) is 30.5 Å². The first kappa shape index (κ1) is 27.1. The van der Waals surface area contributed by atoms with E-state index in [1.807, 2.05) is 19.1 Å². The van der Waals surface area contributed by atoms with E-state index in [4.69, 9.17) is 9.47 Å². The number of benzene rings is 2. The SMILES string of the molecule is CCCCOc1ccc([C@@H]2C(=C(O)c3ccc(C)cc3)C(=O)C(=O)N2c2nc(C)c(C(=O)OCC)s2)cc1. The van der Waals surface area contributed by atoms with Crippen LogP contribution in [0.4, 0.5) is 5.13 Å². The highest BCUT2D eigenvalue weighted by atomic mass is 32.1. The topological polar surface area (TPSA) is 106 Å². The van der Waals surface area contributed by atoms with Crippen LogP contribution >= 0.6 is 11.3 Å². The van der Waals surface area contributed by atoms with Gasteiger partial charge in [-0.3, -0.25) is 14.5 Å². The molecule has 9 heteroatoms. The minimum absolute atomic E-state index is 0.0518. The normalized spacial score (nSPS) is 16.6. The molecule has 1 aliphatic heterocycles. The van der Waals surface area contributed by atoms with Crippen molar-refractivity contribution in [3.05, 3.63) is 81.4 Å². The number of nitrogens with zero attached hydrogens (tertiary/aromatic N) is 2. The average molecular weight is 535 g/mol. The van der Waals surface area contributed by atoms with Crippen LogP contribution in [0.3, 0.4) is 0 Å². The van der Waals surface area contributed by atoms with Crippen LogP contribution in [-0.2, 0) is 14.3 Å². The summed E-state index contributed by atoms with van der Waals surface area (Å²) < 4.78 is 10.9. The first-order valence-electron chi connectivity index (χ1n) is 12.5. The molecule has 2 heterocycles. The Morgan fingerprint density at radius 1 is 1.05 bits per heavy atom. The fraction of sp³-hybridized carbons (Fsp3) is 0.310. The molecule has 1 atom stereocenters. The number of thiazole rings is 1. The lowest BCUT2D eigenvalue weighted by Crippen LogP contribution is -2.29. The van der Waals surface area contributed by atoms with E-state index in [9.17, 15) is 19.5 Å². The molecule has 0 aliphatic carbocycles. The number of anilines is 1. The second-order valence-electron chi connectivity index (χ2n) is 8.94. The third-order valence-electron chi connectivity index (χ3n) is 6.18. The van der Waals surface area contributed by atoms with Crippen molar-refractivity contribution in [3.8, 4) is 5.75 Å². The number of unbranched alkanes of at least 4 members (excludes halogenated alkanes) is 1. The van der Waals surface area contributed by atoms with Gasteiger partial charge < -0.3 is 14.6 Å². The Morgan fingerprint density at radius 3 is 2.37 bits per heavy atom. The number of aliphatic hydroxyl groups excluding tert-OH is 1. The molecular formula is C29H30N2O6S. The molecule has 3 aromatic rings. The zero-order valence-corrected chi connectivity index (χ0v) is 22.6. The van der Waals surface area contributed by atoms with Crippen LogP contribution in [0.25, 0.3) is 5.76 Å². The van der Waals surface area contributed by atoms with Crippen LogP contribution < -0.4 is 9.64 Å². The summed E-state index contributed by atoms with van der Waals surface area (Å²) in [6, 6.07) is 13.2. The zero-order chi connectivity index (χ0) is 27.4. The van der Waals surface area contributed by atoms with Gasteiger partial charge >= 0.3 is 11.9 Å². The number of carbonyl (C=O) groups is 3. The van der Waals surface area contributed by atoms with E-state index in [0.717, 1.165) is 29.7 Å². The summed E-state index contributed by atoms with van der Waals surface area (Å²) >= 11 is 0.976. The molecule has 4 rings (SSSR count). The fourth-order valence-electron chi connectivity index (χ4n) is 4.16. The number of ether oxygens (including phenoxy) is 2. The molecule has 1 amide bonds. The number of esters is 1. The predicted molar refractivity (Wildman–Crippen MR) is 146 cm³/mol. The highest BCUT2D eigenvalue weighted by Gasteiger charge is 2.48. The Labute approximate surface area is 225 Å². The summed E-state index contributed by atoms with van der Waals surface area (Å²) in [6.07, 6.45) is 1.93. The number of carbonyl (C=O) groups excluding carboxylic acids is 3. The van der Waals surface area contributed by atoms with Crippen LogP contribution in [-0.4, -0.2) is 41.0 Å². The molecule has 0 bridgehead atoms. The summed E-state index contributed by atoms with van der Waals surface area (Å²) in [7, 11) is 0. The lowest BCUT2D eigenvalue weighted by molar-refractivity contribution is -0.132. The molecule has 0 radical (unpaired) electrons. The van der Waals surface area contributed by atoms with Gasteiger partial charge in [-0.05, 0) is 44.9 Å². The number of aryl methyl sites for hydroxylation is 2. The highest BCUT2D eigenvalue weighted by Crippen LogP contribution is 2.44. The summed E-state index contributed by atoms with van der Waals surface area (Å²) in [6.45, 7) is 8.12. The number of hydrogen-bond donors (Lipinski definition) is 1. The van der Waals surface area contributed by atoms with E-state index in [2.05, 4.69) is 11.9 Å². The Morgan fingerprint density at radius 2 is 1.74 bits per heavy atom. The van der Waals surface area contributed by atoms with E-state index in [1.165, 1.54) is 4.90 Å². The Bertz CT molecular complexity index is 1380. The molecule has 2 aromatic carbocycles. The van der Waals surface area contributed by atoms with Gasteiger partial charge in [-0.15, -0.1) is 0 Å². The van der Waals surface area contributed by atoms with Crippen molar-refractivity contribution < 1.29 is 29.0 Å². The Kier molecular flexibility index (Phi) is 8.26. The number of aliphatic hydroxyl groups is 1. The second kappa shape index (κ2) is 11.6. The molecule has 198 valence electrons. The molecule has 0 unspecified atom stereocenters. The van der Waals surface area contributed by atoms with E-state index in [0.29, 0.717) is 29.2 Å². The number of amides is 1. The standard InChI is InChI=1S/C29H30N2O6S/c1-5-7-16-37-21-14-12-19(13-15-21)23-22(24(32)20-10-8-17(3)9-11-20)25(33)27(34)31(23)29-30-18(4)26(38-29)28(35)36-6-2/h8-15,23,32H,5-7,16H2,1-4H3/t23-/m1/s1. The van der Waals surface area contributed by atoms with Gasteiger partial charge in [0.15, 0.2) is 5.13 Å². The monoisotopic (exact) mass is 534 g/mol. The van der Waals surface area contributed by atoms with Gasteiger partial charge in [0.2, 0.25) is 0 Å². The third-order valence-corrected chi connectivity index (χ3v) is 7.32. The van der Waals surface area contributed by atoms with Crippen molar-refractivity contribution in [2.75, 3.05) is 18.1 Å². The summed E-state index contributed by atoms with van der Waals surface area (Å²) in [5, 5.41) is 11.4. The smallest absolute Gasteiger partial charge is 0.350 e. The van der Waals surface area contributed by atoms with E-state index < -0.39 is 23.7 Å².